The maximum atomic E-state index is 12.7. The van der Waals surface area contributed by atoms with E-state index in [2.05, 4.69) is 26.1 Å². The van der Waals surface area contributed by atoms with E-state index in [1.807, 2.05) is 48.5 Å². The minimum absolute atomic E-state index is 0.128. The molecule has 5 nitrogen and oxygen atoms in total. The first kappa shape index (κ1) is 17.2. The summed E-state index contributed by atoms with van der Waals surface area (Å²) in [5.41, 5.74) is 3.09. The Morgan fingerprint density at radius 2 is 1.96 bits per heavy atom. The zero-order valence-corrected chi connectivity index (χ0v) is 15.6. The minimum Gasteiger partial charge on any atom is -0.496 e. The highest BCUT2D eigenvalue weighted by Crippen LogP contribution is 2.25. The first-order chi connectivity index (χ1) is 12.1. The molecule has 3 aromatic rings. The van der Waals surface area contributed by atoms with E-state index in [0.717, 1.165) is 27.0 Å². The number of halogens is 1. The van der Waals surface area contributed by atoms with Crippen molar-refractivity contribution in [3.63, 3.8) is 0 Å². The third kappa shape index (κ3) is 3.91. The molecule has 0 saturated heterocycles. The number of ether oxygens (including phenoxy) is 1. The molecule has 1 N–H and O–H groups in total. The monoisotopic (exact) mass is 399 g/mol. The molecule has 0 aliphatic heterocycles. The van der Waals surface area contributed by atoms with Gasteiger partial charge >= 0.3 is 0 Å². The van der Waals surface area contributed by atoms with Gasteiger partial charge in [-0.15, -0.1) is 0 Å². The van der Waals surface area contributed by atoms with E-state index in [0.29, 0.717) is 12.2 Å². The number of H-pyrrole nitrogens is 1. The van der Waals surface area contributed by atoms with Gasteiger partial charge in [0.05, 0.1) is 12.8 Å². The van der Waals surface area contributed by atoms with E-state index >= 15 is 0 Å². The summed E-state index contributed by atoms with van der Waals surface area (Å²) in [4.78, 5) is 14.3. The lowest BCUT2D eigenvalue weighted by molar-refractivity contribution is 0.0778. The lowest BCUT2D eigenvalue weighted by Gasteiger charge is -2.18. The second-order valence-electron chi connectivity index (χ2n) is 5.65. The van der Waals surface area contributed by atoms with Gasteiger partial charge in [-0.3, -0.25) is 9.89 Å². The number of nitrogens with zero attached hydrogens (tertiary/aromatic N) is 2. The predicted molar refractivity (Wildman–Crippen MR) is 101 cm³/mol. The second-order valence-corrected chi connectivity index (χ2v) is 6.57. The fourth-order valence-electron chi connectivity index (χ4n) is 2.59. The number of methoxy groups -OCH3 is 1. The Labute approximate surface area is 154 Å². The molecule has 0 saturated carbocycles. The Hall–Kier alpha value is -2.60. The van der Waals surface area contributed by atoms with Crippen LogP contribution < -0.4 is 4.74 Å². The van der Waals surface area contributed by atoms with Crippen LogP contribution in [0.3, 0.4) is 0 Å². The minimum atomic E-state index is -0.128. The summed E-state index contributed by atoms with van der Waals surface area (Å²) in [5, 5.41) is 7.07. The maximum absolute atomic E-state index is 12.7. The van der Waals surface area contributed by atoms with Crippen LogP contribution in [0.2, 0.25) is 0 Å². The van der Waals surface area contributed by atoms with Crippen molar-refractivity contribution in [3.05, 3.63) is 70.3 Å². The fraction of sp³-hybridized carbons (Fsp3) is 0.158. The summed E-state index contributed by atoms with van der Waals surface area (Å²) in [5.74, 6) is 0.620. The maximum Gasteiger partial charge on any atom is 0.271 e. The molecule has 1 aromatic heterocycles. The summed E-state index contributed by atoms with van der Waals surface area (Å²) in [6.45, 7) is 0.432. The van der Waals surface area contributed by atoms with E-state index in [-0.39, 0.29) is 5.91 Å². The number of aromatic nitrogens is 2. The van der Waals surface area contributed by atoms with Gasteiger partial charge in [0, 0.05) is 29.2 Å². The van der Waals surface area contributed by atoms with Gasteiger partial charge in [0.25, 0.3) is 5.91 Å². The number of carbonyl (C=O) groups is 1. The van der Waals surface area contributed by atoms with Crippen LogP contribution >= 0.6 is 15.9 Å². The Balaban J connectivity index is 1.77. The highest BCUT2D eigenvalue weighted by molar-refractivity contribution is 9.10. The molecule has 2 aromatic carbocycles. The van der Waals surface area contributed by atoms with Crippen LogP contribution in [0.5, 0.6) is 5.75 Å². The largest absolute Gasteiger partial charge is 0.496 e. The molecule has 0 bridgehead atoms. The van der Waals surface area contributed by atoms with Gasteiger partial charge in [-0.25, -0.2) is 0 Å². The summed E-state index contributed by atoms with van der Waals surface area (Å²) in [6.07, 6.45) is 0. The third-order valence-electron chi connectivity index (χ3n) is 3.87. The highest BCUT2D eigenvalue weighted by atomic mass is 79.9. The SMILES string of the molecule is COc1ccc(Br)cc1CN(C)C(=O)c1cc(-c2ccccc2)n[nH]1. The summed E-state index contributed by atoms with van der Waals surface area (Å²) < 4.78 is 6.31. The Bertz CT molecular complexity index is 877. The zero-order chi connectivity index (χ0) is 17.8. The predicted octanol–water partition coefficient (Wildman–Crippen LogP) is 4.12. The lowest BCUT2D eigenvalue weighted by Crippen LogP contribution is -2.26. The molecule has 0 unspecified atom stereocenters. The highest BCUT2D eigenvalue weighted by Gasteiger charge is 2.17. The van der Waals surface area contributed by atoms with Gasteiger partial charge in [0.15, 0.2) is 0 Å². The molecule has 25 heavy (non-hydrogen) atoms. The van der Waals surface area contributed by atoms with Gasteiger partial charge in [-0.05, 0) is 24.3 Å². The molecule has 128 valence electrons. The summed E-state index contributed by atoms with van der Waals surface area (Å²) >= 11 is 3.45. The normalized spacial score (nSPS) is 10.5. The molecule has 3 rings (SSSR count). The van der Waals surface area contributed by atoms with Crippen molar-refractivity contribution in [3.8, 4) is 17.0 Å². The lowest BCUT2D eigenvalue weighted by atomic mass is 10.1. The van der Waals surface area contributed by atoms with E-state index < -0.39 is 0 Å². The third-order valence-corrected chi connectivity index (χ3v) is 4.37. The van der Waals surface area contributed by atoms with Gasteiger partial charge in [-0.2, -0.15) is 5.10 Å². The van der Waals surface area contributed by atoms with E-state index in [1.54, 1.807) is 25.1 Å². The molecule has 0 atom stereocenters. The molecule has 1 heterocycles. The van der Waals surface area contributed by atoms with Crippen LogP contribution in [0.25, 0.3) is 11.3 Å². The molecule has 0 fully saturated rings. The number of nitrogens with one attached hydrogen (secondary N) is 1. The molecule has 1 amide bonds. The van der Waals surface area contributed by atoms with Crippen molar-refractivity contribution in [1.29, 1.82) is 0 Å². The van der Waals surface area contributed by atoms with Crippen molar-refractivity contribution in [2.45, 2.75) is 6.54 Å². The van der Waals surface area contributed by atoms with Crippen LogP contribution in [-0.4, -0.2) is 35.2 Å². The Morgan fingerprint density at radius 3 is 2.68 bits per heavy atom. The van der Waals surface area contributed by atoms with Gasteiger partial charge < -0.3 is 9.64 Å². The number of hydrogen-bond acceptors (Lipinski definition) is 3. The quantitative estimate of drug-likeness (QED) is 0.701. The van der Waals surface area contributed by atoms with Crippen LogP contribution in [0.4, 0.5) is 0 Å². The molecule has 0 aliphatic rings. The van der Waals surface area contributed by atoms with Crippen molar-refractivity contribution in [1.82, 2.24) is 15.1 Å². The Morgan fingerprint density at radius 1 is 1.20 bits per heavy atom. The molecule has 0 spiro atoms. The zero-order valence-electron chi connectivity index (χ0n) is 14.0. The average Bonchev–Trinajstić information content (AvgIpc) is 3.12. The molecular weight excluding hydrogens is 382 g/mol. The number of amides is 1. The standard InChI is InChI=1S/C19H18BrN3O2/c1-23(12-14-10-15(20)8-9-18(14)25-2)19(24)17-11-16(21-22-17)13-6-4-3-5-7-13/h3-11H,12H2,1-2H3,(H,21,22). The smallest absolute Gasteiger partial charge is 0.271 e. The first-order valence-corrected chi connectivity index (χ1v) is 8.56. The van der Waals surface area contributed by atoms with Crippen LogP contribution in [0, 0.1) is 0 Å². The number of rotatable bonds is 5. The van der Waals surface area contributed by atoms with Crippen molar-refractivity contribution < 1.29 is 9.53 Å². The molecule has 6 heteroatoms. The number of carbonyl (C=O) groups excluding carboxylic acids is 1. The topological polar surface area (TPSA) is 58.2 Å². The molecule has 0 radical (unpaired) electrons. The summed E-state index contributed by atoms with van der Waals surface area (Å²) in [7, 11) is 3.38. The number of benzene rings is 2. The molecule has 0 aliphatic carbocycles. The van der Waals surface area contributed by atoms with E-state index in [1.165, 1.54) is 0 Å². The van der Waals surface area contributed by atoms with Crippen LogP contribution in [0.1, 0.15) is 16.1 Å². The molecular formula is C19H18BrN3O2. The Kier molecular flexibility index (Phi) is 5.19. The van der Waals surface area contributed by atoms with Crippen LogP contribution in [0.15, 0.2) is 59.1 Å². The van der Waals surface area contributed by atoms with E-state index in [4.69, 9.17) is 4.74 Å². The number of aromatic amines is 1. The van der Waals surface area contributed by atoms with Gasteiger partial charge in [0.1, 0.15) is 11.4 Å². The average molecular weight is 400 g/mol. The van der Waals surface area contributed by atoms with Crippen LogP contribution in [-0.2, 0) is 6.54 Å². The van der Waals surface area contributed by atoms with E-state index in [9.17, 15) is 4.79 Å². The van der Waals surface area contributed by atoms with Crippen molar-refractivity contribution >= 4 is 21.8 Å². The summed E-state index contributed by atoms with van der Waals surface area (Å²) in [6, 6.07) is 17.3. The fourth-order valence-corrected chi connectivity index (χ4v) is 3.00. The first-order valence-electron chi connectivity index (χ1n) is 7.77. The van der Waals surface area contributed by atoms with Crippen molar-refractivity contribution in [2.24, 2.45) is 0 Å². The number of hydrogen-bond donors (Lipinski definition) is 1. The van der Waals surface area contributed by atoms with Gasteiger partial charge in [0.2, 0.25) is 0 Å². The second kappa shape index (κ2) is 7.53. The van der Waals surface area contributed by atoms with Gasteiger partial charge in [-0.1, -0.05) is 46.3 Å². The van der Waals surface area contributed by atoms with Crippen molar-refractivity contribution in [2.75, 3.05) is 14.2 Å².